The standard InChI is InChI=1S/C41H36N6O/c1-3-16-36-30-45(4-2)40(48)46(36)29-31-25-27-32(28-26-31)37-23-14-15-24-38(37)39-42-43-44-47(39)41(33-17-8-5-9-18-33,34-19-10-6-11-20-34)35-21-12-7-13-22-35/h3,5-15,17-28,30H,1,4,16,29H2,2H3. The Balaban J connectivity index is 1.35. The molecule has 7 nitrogen and oxygen atoms in total. The first-order chi connectivity index (χ1) is 23.6. The maximum absolute atomic E-state index is 13.1. The zero-order valence-electron chi connectivity index (χ0n) is 26.9. The fraction of sp³-hybridized carbons (Fsp3) is 0.122. The Morgan fingerprint density at radius 1 is 0.708 bits per heavy atom. The Labute approximate surface area is 280 Å². The van der Waals surface area contributed by atoms with E-state index in [1.54, 1.807) is 4.57 Å². The molecule has 7 aromatic rings. The molecule has 0 N–H and O–H groups in total. The first kappa shape index (κ1) is 30.6. The first-order valence-corrected chi connectivity index (χ1v) is 16.2. The van der Waals surface area contributed by atoms with Crippen LogP contribution in [0, 0.1) is 0 Å². The number of aromatic nitrogens is 6. The van der Waals surface area contributed by atoms with E-state index < -0.39 is 5.54 Å². The van der Waals surface area contributed by atoms with Crippen LogP contribution in [0.1, 0.15) is 34.9 Å². The van der Waals surface area contributed by atoms with Gasteiger partial charge in [0.05, 0.1) is 6.54 Å². The number of aryl methyl sites for hydroxylation is 1. The van der Waals surface area contributed by atoms with Crippen LogP contribution in [0.4, 0.5) is 0 Å². The van der Waals surface area contributed by atoms with Gasteiger partial charge < -0.3 is 0 Å². The van der Waals surface area contributed by atoms with Gasteiger partial charge in [-0.3, -0.25) is 9.13 Å². The van der Waals surface area contributed by atoms with E-state index in [1.807, 2.05) is 58.8 Å². The van der Waals surface area contributed by atoms with Crippen molar-refractivity contribution in [1.29, 1.82) is 0 Å². The minimum Gasteiger partial charge on any atom is -0.299 e. The van der Waals surface area contributed by atoms with Gasteiger partial charge in [-0.2, -0.15) is 0 Å². The van der Waals surface area contributed by atoms with E-state index in [-0.39, 0.29) is 5.69 Å². The van der Waals surface area contributed by atoms with Crippen molar-refractivity contribution in [3.63, 3.8) is 0 Å². The Hall–Kier alpha value is -6.08. The lowest BCUT2D eigenvalue weighted by molar-refractivity contribution is 0.451. The van der Waals surface area contributed by atoms with Gasteiger partial charge in [0.15, 0.2) is 5.82 Å². The van der Waals surface area contributed by atoms with Gasteiger partial charge in [0.25, 0.3) is 0 Å². The number of hydrogen-bond donors (Lipinski definition) is 0. The highest BCUT2D eigenvalue weighted by Crippen LogP contribution is 2.43. The highest BCUT2D eigenvalue weighted by atomic mass is 16.1. The van der Waals surface area contributed by atoms with Crippen molar-refractivity contribution in [2.24, 2.45) is 0 Å². The molecule has 0 fully saturated rings. The number of imidazole rings is 1. The minimum absolute atomic E-state index is 0.00524. The molecule has 7 heteroatoms. The number of hydrogen-bond acceptors (Lipinski definition) is 4. The molecule has 2 aromatic heterocycles. The molecule has 0 aliphatic carbocycles. The molecule has 0 saturated carbocycles. The van der Waals surface area contributed by atoms with Crippen LogP contribution in [0.5, 0.6) is 0 Å². The van der Waals surface area contributed by atoms with Gasteiger partial charge in [0, 0.05) is 30.4 Å². The van der Waals surface area contributed by atoms with Gasteiger partial charge >= 0.3 is 5.69 Å². The van der Waals surface area contributed by atoms with Gasteiger partial charge in [0.1, 0.15) is 5.54 Å². The number of allylic oxidation sites excluding steroid dienone is 1. The molecule has 7 rings (SSSR count). The molecule has 236 valence electrons. The second-order valence-electron chi connectivity index (χ2n) is 11.7. The van der Waals surface area contributed by atoms with E-state index in [4.69, 9.17) is 5.21 Å². The van der Waals surface area contributed by atoms with Gasteiger partial charge in [-0.05, 0) is 50.7 Å². The van der Waals surface area contributed by atoms with Crippen LogP contribution in [-0.4, -0.2) is 29.3 Å². The van der Waals surface area contributed by atoms with E-state index in [0.29, 0.717) is 25.3 Å². The van der Waals surface area contributed by atoms with Crippen LogP contribution in [0.2, 0.25) is 0 Å². The summed E-state index contributed by atoms with van der Waals surface area (Å²) in [6.45, 7) is 6.98. The van der Waals surface area contributed by atoms with Gasteiger partial charge in [-0.1, -0.05) is 146 Å². The van der Waals surface area contributed by atoms with E-state index in [0.717, 1.165) is 44.6 Å². The smallest absolute Gasteiger partial charge is 0.299 e. The molecule has 5 aromatic carbocycles. The zero-order chi connectivity index (χ0) is 32.9. The monoisotopic (exact) mass is 628 g/mol. The highest BCUT2D eigenvalue weighted by Gasteiger charge is 2.42. The number of rotatable bonds is 11. The van der Waals surface area contributed by atoms with Crippen LogP contribution in [0.3, 0.4) is 0 Å². The Bertz CT molecular complexity index is 2100. The third-order valence-corrected chi connectivity index (χ3v) is 8.96. The molecule has 0 atom stereocenters. The predicted octanol–water partition coefficient (Wildman–Crippen LogP) is 7.61. The van der Waals surface area contributed by atoms with E-state index in [2.05, 4.69) is 126 Å². The molecular formula is C41H36N6O. The van der Waals surface area contributed by atoms with Crippen LogP contribution in [0.15, 0.2) is 163 Å². The fourth-order valence-electron chi connectivity index (χ4n) is 6.68. The van der Waals surface area contributed by atoms with Crippen molar-refractivity contribution in [3.05, 3.63) is 197 Å². The minimum atomic E-state index is -0.856. The maximum atomic E-state index is 13.1. The average molecular weight is 629 g/mol. The number of tetrazole rings is 1. The summed E-state index contributed by atoms with van der Waals surface area (Å²) in [5.41, 5.74) is 7.20. The molecule has 0 radical (unpaired) electrons. The first-order valence-electron chi connectivity index (χ1n) is 16.2. The molecule has 0 aliphatic rings. The summed E-state index contributed by atoms with van der Waals surface area (Å²) in [6.07, 6.45) is 4.40. The van der Waals surface area contributed by atoms with Crippen molar-refractivity contribution >= 4 is 0 Å². The van der Waals surface area contributed by atoms with E-state index in [1.165, 1.54) is 0 Å². The summed E-state index contributed by atoms with van der Waals surface area (Å²) < 4.78 is 5.54. The predicted molar refractivity (Wildman–Crippen MR) is 191 cm³/mol. The number of nitrogens with zero attached hydrogens (tertiary/aromatic N) is 6. The molecule has 0 aliphatic heterocycles. The second kappa shape index (κ2) is 13.3. The van der Waals surface area contributed by atoms with E-state index in [9.17, 15) is 4.79 Å². The summed E-state index contributed by atoms with van der Waals surface area (Å²) in [4.78, 5) is 13.1. The summed E-state index contributed by atoms with van der Waals surface area (Å²) in [7, 11) is 0. The largest absolute Gasteiger partial charge is 0.328 e. The van der Waals surface area contributed by atoms with Crippen LogP contribution in [0.25, 0.3) is 22.5 Å². The van der Waals surface area contributed by atoms with Crippen molar-refractivity contribution < 1.29 is 0 Å². The lowest BCUT2D eigenvalue weighted by atomic mass is 9.77. The van der Waals surface area contributed by atoms with Crippen molar-refractivity contribution in [3.8, 4) is 22.5 Å². The Kier molecular flexibility index (Phi) is 8.49. The molecule has 0 saturated heterocycles. The molecule has 2 heterocycles. The normalized spacial score (nSPS) is 11.4. The molecule has 48 heavy (non-hydrogen) atoms. The molecule has 0 spiro atoms. The number of benzene rings is 5. The molecular weight excluding hydrogens is 592 g/mol. The molecule has 0 bridgehead atoms. The zero-order valence-corrected chi connectivity index (χ0v) is 26.9. The lowest BCUT2D eigenvalue weighted by Gasteiger charge is -2.36. The van der Waals surface area contributed by atoms with Crippen molar-refractivity contribution in [1.82, 2.24) is 29.3 Å². The van der Waals surface area contributed by atoms with Gasteiger partial charge in [-0.15, -0.1) is 11.7 Å². The Morgan fingerprint density at radius 2 is 1.25 bits per heavy atom. The van der Waals surface area contributed by atoms with Gasteiger partial charge in [0.2, 0.25) is 0 Å². The average Bonchev–Trinajstić information content (AvgIpc) is 3.75. The van der Waals surface area contributed by atoms with E-state index >= 15 is 0 Å². The van der Waals surface area contributed by atoms with Crippen LogP contribution >= 0.6 is 0 Å². The Morgan fingerprint density at radius 3 is 1.79 bits per heavy atom. The maximum Gasteiger partial charge on any atom is 0.328 e. The SMILES string of the molecule is C=CCc1cn(CC)c(=O)n1Cc1ccc(-c2ccccc2-c2nnnn2C(c2ccccc2)(c2ccccc2)c2ccccc2)cc1. The van der Waals surface area contributed by atoms with Crippen LogP contribution < -0.4 is 5.69 Å². The van der Waals surface area contributed by atoms with Crippen LogP contribution in [-0.2, 0) is 25.0 Å². The summed E-state index contributed by atoms with van der Waals surface area (Å²) >= 11 is 0. The highest BCUT2D eigenvalue weighted by molar-refractivity contribution is 5.81. The quantitative estimate of drug-likeness (QED) is 0.109. The third-order valence-electron chi connectivity index (χ3n) is 8.96. The summed E-state index contributed by atoms with van der Waals surface area (Å²) in [5.74, 6) is 0.646. The van der Waals surface area contributed by atoms with Crippen molar-refractivity contribution in [2.75, 3.05) is 0 Å². The molecule has 0 unspecified atom stereocenters. The second-order valence-corrected chi connectivity index (χ2v) is 11.7. The molecule has 0 amide bonds. The topological polar surface area (TPSA) is 70.5 Å². The van der Waals surface area contributed by atoms with Crippen molar-refractivity contribution in [2.45, 2.75) is 32.0 Å². The third kappa shape index (κ3) is 5.39. The summed E-state index contributed by atoms with van der Waals surface area (Å²) in [6, 6.07) is 47.9. The lowest BCUT2D eigenvalue weighted by Crippen LogP contribution is -2.39. The fourth-order valence-corrected chi connectivity index (χ4v) is 6.68. The van der Waals surface area contributed by atoms with Gasteiger partial charge in [-0.25, -0.2) is 9.48 Å². The summed E-state index contributed by atoms with van der Waals surface area (Å²) in [5, 5.41) is 13.7.